The molecular weight excluding hydrogens is 624 g/mol. The largest absolute Gasteiger partial charge is 0.381 e. The van der Waals surface area contributed by atoms with Crippen LogP contribution in [-0.4, -0.2) is 37.1 Å². The fourth-order valence-corrected chi connectivity index (χ4v) is 6.25. The maximum Gasteiger partial charge on any atom is 0.0466 e. The number of rotatable bonds is 37. The minimum atomic E-state index is 0.981. The molecule has 0 bridgehead atoms. The Bertz CT molecular complexity index is 384. The van der Waals surface area contributed by atoms with Crippen molar-refractivity contribution in [1.82, 2.24) is 0 Å². The van der Waals surface area contributed by atoms with Gasteiger partial charge >= 0.3 is 0 Å². The first-order valence-electron chi connectivity index (χ1n) is 18.2. The number of alkyl halides is 2. The Labute approximate surface area is 269 Å². The zero-order chi connectivity index (χ0) is 28.9. The van der Waals surface area contributed by atoms with Crippen LogP contribution in [0.3, 0.4) is 0 Å². The molecule has 40 heavy (non-hydrogen) atoms. The number of ether oxygens (including phenoxy) is 2. The van der Waals surface area contributed by atoms with Gasteiger partial charge in [-0.3, -0.25) is 0 Å². The summed E-state index contributed by atoms with van der Waals surface area (Å²) in [6.45, 7) is 3.93. The van der Waals surface area contributed by atoms with Gasteiger partial charge in [0.15, 0.2) is 0 Å². The van der Waals surface area contributed by atoms with Crippen LogP contribution in [0.1, 0.15) is 193 Å². The lowest BCUT2D eigenvalue weighted by atomic mass is 10.1. The maximum atomic E-state index is 5.85. The highest BCUT2D eigenvalue weighted by Gasteiger charge is 1.97. The Hall–Kier alpha value is 0.880. The van der Waals surface area contributed by atoms with Crippen LogP contribution in [0.15, 0.2) is 0 Å². The Morgan fingerprint density at radius 1 is 0.200 bits per heavy atom. The molecule has 0 aliphatic carbocycles. The van der Waals surface area contributed by atoms with E-state index in [1.807, 2.05) is 0 Å². The molecule has 0 aromatic carbocycles. The second kappa shape index (κ2) is 39.9. The van der Waals surface area contributed by atoms with Gasteiger partial charge < -0.3 is 9.47 Å². The van der Waals surface area contributed by atoms with Gasteiger partial charge in [-0.25, -0.2) is 0 Å². The van der Waals surface area contributed by atoms with Crippen LogP contribution in [0.25, 0.3) is 0 Å². The van der Waals surface area contributed by atoms with E-state index in [0.29, 0.717) is 0 Å². The topological polar surface area (TPSA) is 18.5 Å². The number of hydrogen-bond donors (Lipinski definition) is 0. The van der Waals surface area contributed by atoms with Crippen molar-refractivity contribution >= 4 is 31.9 Å². The first kappa shape index (κ1) is 40.9. The van der Waals surface area contributed by atoms with Crippen molar-refractivity contribution in [2.75, 3.05) is 37.1 Å². The number of unbranched alkanes of at least 4 members (excludes halogenated alkanes) is 27. The summed E-state index contributed by atoms with van der Waals surface area (Å²) in [5.74, 6) is 0. The SMILES string of the molecule is BrCCCCCCCCCCCCOCCCCCCCCCCCCOCCCCCCCCCCCCBr. The monoisotopic (exact) mass is 694 g/mol. The molecule has 0 unspecified atom stereocenters. The summed E-state index contributed by atoms with van der Waals surface area (Å²) < 4.78 is 11.7. The molecule has 242 valence electrons. The minimum Gasteiger partial charge on any atom is -0.381 e. The van der Waals surface area contributed by atoms with E-state index < -0.39 is 0 Å². The molecule has 0 saturated carbocycles. The van der Waals surface area contributed by atoms with Crippen LogP contribution in [0, 0.1) is 0 Å². The van der Waals surface area contributed by atoms with Crippen molar-refractivity contribution in [2.45, 2.75) is 193 Å². The van der Waals surface area contributed by atoms with Gasteiger partial charge in [0, 0.05) is 37.1 Å². The Kier molecular flexibility index (Phi) is 40.8. The lowest BCUT2D eigenvalue weighted by molar-refractivity contribution is 0.125. The molecule has 0 fully saturated rings. The third kappa shape index (κ3) is 38.9. The van der Waals surface area contributed by atoms with E-state index >= 15 is 0 Å². The van der Waals surface area contributed by atoms with Gasteiger partial charge in [0.05, 0.1) is 0 Å². The molecule has 0 atom stereocenters. The smallest absolute Gasteiger partial charge is 0.0466 e. The Morgan fingerprint density at radius 3 is 0.525 bits per heavy atom. The van der Waals surface area contributed by atoms with Crippen molar-refractivity contribution in [3.63, 3.8) is 0 Å². The molecule has 4 heteroatoms. The minimum absolute atomic E-state index is 0.981. The lowest BCUT2D eigenvalue weighted by Gasteiger charge is -2.06. The summed E-state index contributed by atoms with van der Waals surface area (Å²) >= 11 is 7.02. The van der Waals surface area contributed by atoms with Gasteiger partial charge in [0.1, 0.15) is 0 Å². The molecule has 2 nitrogen and oxygen atoms in total. The number of hydrogen-bond acceptors (Lipinski definition) is 2. The van der Waals surface area contributed by atoms with E-state index in [1.165, 1.54) is 203 Å². The first-order chi connectivity index (χ1) is 19.9. The predicted octanol–water partition coefficient (Wildman–Crippen LogP) is 13.5. The van der Waals surface area contributed by atoms with Crippen molar-refractivity contribution in [3.8, 4) is 0 Å². The number of halogens is 2. The molecule has 0 saturated heterocycles. The summed E-state index contributed by atoms with van der Waals surface area (Å²) in [5.41, 5.74) is 0. The summed E-state index contributed by atoms with van der Waals surface area (Å²) in [5, 5.41) is 2.34. The quantitative estimate of drug-likeness (QED) is 0.0476. The molecule has 0 aromatic heterocycles. The zero-order valence-electron chi connectivity index (χ0n) is 27.0. The third-order valence-corrected chi connectivity index (χ3v) is 9.29. The predicted molar refractivity (Wildman–Crippen MR) is 188 cm³/mol. The van der Waals surface area contributed by atoms with Gasteiger partial charge in [-0.15, -0.1) is 0 Å². The highest BCUT2D eigenvalue weighted by molar-refractivity contribution is 9.09. The molecular formula is C36H72Br2O2. The normalized spacial score (nSPS) is 11.6. The summed E-state index contributed by atoms with van der Waals surface area (Å²) in [4.78, 5) is 0. The Balaban J connectivity index is 3.01. The summed E-state index contributed by atoms with van der Waals surface area (Å²) in [6, 6.07) is 0. The van der Waals surface area contributed by atoms with Crippen LogP contribution in [0.4, 0.5) is 0 Å². The van der Waals surface area contributed by atoms with Gasteiger partial charge in [-0.05, 0) is 38.5 Å². The van der Waals surface area contributed by atoms with Crippen molar-refractivity contribution in [2.24, 2.45) is 0 Å². The van der Waals surface area contributed by atoms with Crippen LogP contribution < -0.4 is 0 Å². The molecule has 0 aromatic rings. The fraction of sp³-hybridized carbons (Fsp3) is 1.00. The van der Waals surface area contributed by atoms with E-state index in [2.05, 4.69) is 31.9 Å². The van der Waals surface area contributed by atoms with Crippen LogP contribution in [-0.2, 0) is 9.47 Å². The Morgan fingerprint density at radius 2 is 0.350 bits per heavy atom. The lowest BCUT2D eigenvalue weighted by Crippen LogP contribution is -1.97. The molecule has 0 rings (SSSR count). The standard InChI is InChI=1S/C36H72Br2O2/c37-31-25-19-13-7-1-3-9-15-21-27-33-39-35-29-23-17-11-5-6-12-18-24-30-36-40-34-28-22-16-10-4-2-8-14-20-26-32-38/h1-36H2. The van der Waals surface area contributed by atoms with Gasteiger partial charge in [0.25, 0.3) is 0 Å². The molecule has 0 N–H and O–H groups in total. The van der Waals surface area contributed by atoms with Crippen molar-refractivity contribution in [1.29, 1.82) is 0 Å². The summed E-state index contributed by atoms with van der Waals surface area (Å²) in [6.07, 6.45) is 41.5. The fourth-order valence-electron chi connectivity index (χ4n) is 5.45. The molecule has 0 radical (unpaired) electrons. The van der Waals surface area contributed by atoms with Crippen molar-refractivity contribution < 1.29 is 9.47 Å². The zero-order valence-corrected chi connectivity index (χ0v) is 30.2. The van der Waals surface area contributed by atoms with E-state index in [0.717, 1.165) is 26.4 Å². The van der Waals surface area contributed by atoms with Gasteiger partial charge in [-0.2, -0.15) is 0 Å². The molecule has 0 heterocycles. The molecule has 0 amide bonds. The average Bonchev–Trinajstić information content (AvgIpc) is 2.97. The first-order valence-corrected chi connectivity index (χ1v) is 20.4. The average molecular weight is 697 g/mol. The van der Waals surface area contributed by atoms with E-state index in [9.17, 15) is 0 Å². The van der Waals surface area contributed by atoms with Crippen LogP contribution >= 0.6 is 31.9 Å². The van der Waals surface area contributed by atoms with E-state index in [-0.39, 0.29) is 0 Å². The van der Waals surface area contributed by atoms with Gasteiger partial charge in [-0.1, -0.05) is 186 Å². The highest BCUT2D eigenvalue weighted by Crippen LogP contribution is 2.14. The molecule has 0 aliphatic rings. The highest BCUT2D eigenvalue weighted by atomic mass is 79.9. The third-order valence-electron chi connectivity index (χ3n) is 8.17. The maximum absolute atomic E-state index is 5.85. The van der Waals surface area contributed by atoms with E-state index in [4.69, 9.17) is 9.47 Å². The van der Waals surface area contributed by atoms with Crippen LogP contribution in [0.5, 0.6) is 0 Å². The molecule has 0 spiro atoms. The van der Waals surface area contributed by atoms with Crippen LogP contribution in [0.2, 0.25) is 0 Å². The van der Waals surface area contributed by atoms with E-state index in [1.54, 1.807) is 0 Å². The second-order valence-corrected chi connectivity index (χ2v) is 13.8. The summed E-state index contributed by atoms with van der Waals surface area (Å²) in [7, 11) is 0. The van der Waals surface area contributed by atoms with Gasteiger partial charge in [0.2, 0.25) is 0 Å². The second-order valence-electron chi connectivity index (χ2n) is 12.2. The van der Waals surface area contributed by atoms with Crippen molar-refractivity contribution in [3.05, 3.63) is 0 Å². The molecule has 0 aliphatic heterocycles.